The summed E-state index contributed by atoms with van der Waals surface area (Å²) in [5.74, 6) is -1.54. The van der Waals surface area contributed by atoms with Crippen molar-refractivity contribution in [3.63, 3.8) is 0 Å². The van der Waals surface area contributed by atoms with Crippen LogP contribution in [0.25, 0.3) is 0 Å². The summed E-state index contributed by atoms with van der Waals surface area (Å²) in [4.78, 5) is 11.4. The van der Waals surface area contributed by atoms with Gasteiger partial charge in [-0.15, -0.1) is 0 Å². The Bertz CT molecular complexity index is 435. The lowest BCUT2D eigenvalue weighted by Crippen LogP contribution is -2.10. The fraction of sp³-hybridized carbons (Fsp3) is 0.273. The summed E-state index contributed by atoms with van der Waals surface area (Å²) in [6, 6.07) is 4.54. The second kappa shape index (κ2) is 4.56. The van der Waals surface area contributed by atoms with E-state index in [2.05, 4.69) is 0 Å². The van der Waals surface area contributed by atoms with Gasteiger partial charge in [0, 0.05) is 0 Å². The molecule has 0 aliphatic heterocycles. The molecular formula is C11H10FNO2. The van der Waals surface area contributed by atoms with Crippen molar-refractivity contribution in [2.24, 2.45) is 0 Å². The number of esters is 1. The minimum Gasteiger partial charge on any atom is -0.462 e. The maximum Gasteiger partial charge on any atom is 0.341 e. The summed E-state index contributed by atoms with van der Waals surface area (Å²) >= 11 is 0. The number of benzene rings is 1. The van der Waals surface area contributed by atoms with E-state index in [0.29, 0.717) is 5.56 Å². The van der Waals surface area contributed by atoms with Crippen molar-refractivity contribution in [3.8, 4) is 6.07 Å². The molecule has 0 amide bonds. The van der Waals surface area contributed by atoms with E-state index in [-0.39, 0.29) is 17.7 Å². The first-order valence-corrected chi connectivity index (χ1v) is 4.48. The quantitative estimate of drug-likeness (QED) is 0.698. The van der Waals surface area contributed by atoms with E-state index >= 15 is 0 Å². The van der Waals surface area contributed by atoms with Crippen LogP contribution < -0.4 is 0 Å². The molecule has 0 unspecified atom stereocenters. The van der Waals surface area contributed by atoms with Crippen molar-refractivity contribution >= 4 is 5.97 Å². The third-order valence-corrected chi connectivity index (χ3v) is 1.95. The number of nitriles is 1. The number of carbonyl (C=O) groups is 1. The van der Waals surface area contributed by atoms with E-state index < -0.39 is 11.8 Å². The van der Waals surface area contributed by atoms with Crippen LogP contribution in [0.1, 0.15) is 28.4 Å². The van der Waals surface area contributed by atoms with Crippen LogP contribution in [0, 0.1) is 24.1 Å². The number of nitrogens with zero attached hydrogens (tertiary/aromatic N) is 1. The first-order valence-electron chi connectivity index (χ1n) is 4.48. The van der Waals surface area contributed by atoms with Gasteiger partial charge in [0.15, 0.2) is 5.82 Å². The fourth-order valence-corrected chi connectivity index (χ4v) is 1.21. The second-order valence-electron chi connectivity index (χ2n) is 2.95. The molecule has 1 rings (SSSR count). The predicted octanol–water partition coefficient (Wildman–Crippen LogP) is 2.18. The Morgan fingerprint density at radius 1 is 1.60 bits per heavy atom. The SMILES string of the molecule is CCOC(=O)c1c(C)ccc(C#N)c1F. The summed E-state index contributed by atoms with van der Waals surface area (Å²) in [5, 5.41) is 8.60. The molecule has 1 aromatic rings. The molecule has 0 saturated carbocycles. The largest absolute Gasteiger partial charge is 0.462 e. The van der Waals surface area contributed by atoms with Crippen molar-refractivity contribution < 1.29 is 13.9 Å². The number of ether oxygens (including phenoxy) is 1. The van der Waals surface area contributed by atoms with Gasteiger partial charge in [-0.2, -0.15) is 5.26 Å². The third-order valence-electron chi connectivity index (χ3n) is 1.95. The highest BCUT2D eigenvalue weighted by Crippen LogP contribution is 2.17. The summed E-state index contributed by atoms with van der Waals surface area (Å²) in [6.07, 6.45) is 0. The van der Waals surface area contributed by atoms with Crippen molar-refractivity contribution in [1.29, 1.82) is 5.26 Å². The molecule has 0 heterocycles. The van der Waals surface area contributed by atoms with E-state index in [0.717, 1.165) is 0 Å². The topological polar surface area (TPSA) is 50.1 Å². The zero-order valence-corrected chi connectivity index (χ0v) is 8.50. The van der Waals surface area contributed by atoms with Gasteiger partial charge in [0.25, 0.3) is 0 Å². The number of hydrogen-bond acceptors (Lipinski definition) is 3. The second-order valence-corrected chi connectivity index (χ2v) is 2.95. The van der Waals surface area contributed by atoms with E-state index in [4.69, 9.17) is 10.00 Å². The average molecular weight is 207 g/mol. The van der Waals surface area contributed by atoms with Crippen molar-refractivity contribution in [2.75, 3.05) is 6.61 Å². The highest BCUT2D eigenvalue weighted by atomic mass is 19.1. The minimum absolute atomic E-state index is 0.149. The fourth-order valence-electron chi connectivity index (χ4n) is 1.21. The van der Waals surface area contributed by atoms with Crippen LogP contribution in [0.15, 0.2) is 12.1 Å². The molecule has 1 aromatic carbocycles. The summed E-state index contributed by atoms with van der Waals surface area (Å²) in [6.45, 7) is 3.41. The number of aryl methyl sites for hydroxylation is 1. The summed E-state index contributed by atoms with van der Waals surface area (Å²) in [7, 11) is 0. The van der Waals surface area contributed by atoms with Gasteiger partial charge in [-0.25, -0.2) is 9.18 Å². The monoisotopic (exact) mass is 207 g/mol. The smallest absolute Gasteiger partial charge is 0.341 e. The number of carbonyl (C=O) groups excluding carboxylic acids is 1. The molecule has 3 nitrogen and oxygen atoms in total. The first kappa shape index (κ1) is 11.2. The van der Waals surface area contributed by atoms with Gasteiger partial charge in [-0.05, 0) is 25.5 Å². The molecule has 0 saturated heterocycles. The normalized spacial score (nSPS) is 9.47. The number of hydrogen-bond donors (Lipinski definition) is 0. The molecule has 0 bridgehead atoms. The van der Waals surface area contributed by atoms with Gasteiger partial charge in [0.05, 0.1) is 17.7 Å². The zero-order valence-electron chi connectivity index (χ0n) is 8.50. The van der Waals surface area contributed by atoms with Crippen LogP contribution in [-0.4, -0.2) is 12.6 Å². The van der Waals surface area contributed by atoms with Crippen molar-refractivity contribution in [1.82, 2.24) is 0 Å². The van der Waals surface area contributed by atoms with Crippen LogP contribution in [0.2, 0.25) is 0 Å². The van der Waals surface area contributed by atoms with E-state index in [1.54, 1.807) is 19.9 Å². The molecule has 15 heavy (non-hydrogen) atoms. The molecular weight excluding hydrogens is 197 g/mol. The van der Waals surface area contributed by atoms with Gasteiger partial charge < -0.3 is 4.74 Å². The lowest BCUT2D eigenvalue weighted by atomic mass is 10.0. The van der Waals surface area contributed by atoms with Gasteiger partial charge in [0.2, 0.25) is 0 Å². The molecule has 0 spiro atoms. The summed E-state index contributed by atoms with van der Waals surface area (Å²) < 4.78 is 18.3. The minimum atomic E-state index is -0.809. The van der Waals surface area contributed by atoms with Crippen LogP contribution in [-0.2, 0) is 4.74 Å². The Labute approximate surface area is 87.1 Å². The highest BCUT2D eigenvalue weighted by molar-refractivity contribution is 5.91. The van der Waals surface area contributed by atoms with Crippen LogP contribution in [0.4, 0.5) is 4.39 Å². The molecule has 0 fully saturated rings. The molecule has 0 radical (unpaired) electrons. The van der Waals surface area contributed by atoms with Crippen LogP contribution >= 0.6 is 0 Å². The lowest BCUT2D eigenvalue weighted by molar-refractivity contribution is 0.0520. The first-order chi connectivity index (χ1) is 7.11. The Hall–Kier alpha value is -1.89. The molecule has 78 valence electrons. The maximum absolute atomic E-state index is 13.6. The van der Waals surface area contributed by atoms with E-state index in [1.165, 1.54) is 12.1 Å². The number of halogens is 1. The molecule has 4 heteroatoms. The molecule has 0 aliphatic rings. The molecule has 0 N–H and O–H groups in total. The Kier molecular flexibility index (Phi) is 3.40. The molecule has 0 atom stereocenters. The third kappa shape index (κ3) is 2.13. The van der Waals surface area contributed by atoms with Crippen LogP contribution in [0.5, 0.6) is 0 Å². The lowest BCUT2D eigenvalue weighted by Gasteiger charge is -2.07. The molecule has 0 aliphatic carbocycles. The zero-order chi connectivity index (χ0) is 11.4. The average Bonchev–Trinajstić information content (AvgIpc) is 2.18. The maximum atomic E-state index is 13.6. The Morgan fingerprint density at radius 3 is 2.80 bits per heavy atom. The Balaban J connectivity index is 3.28. The van der Waals surface area contributed by atoms with E-state index in [1.807, 2.05) is 0 Å². The van der Waals surface area contributed by atoms with E-state index in [9.17, 15) is 9.18 Å². The highest BCUT2D eigenvalue weighted by Gasteiger charge is 2.18. The molecule has 0 aromatic heterocycles. The van der Waals surface area contributed by atoms with Crippen molar-refractivity contribution in [3.05, 3.63) is 34.6 Å². The van der Waals surface area contributed by atoms with Crippen molar-refractivity contribution in [2.45, 2.75) is 13.8 Å². The van der Waals surface area contributed by atoms with Gasteiger partial charge in [-0.1, -0.05) is 6.07 Å². The van der Waals surface area contributed by atoms with Crippen LogP contribution in [0.3, 0.4) is 0 Å². The van der Waals surface area contributed by atoms with Gasteiger partial charge >= 0.3 is 5.97 Å². The number of rotatable bonds is 2. The Morgan fingerprint density at radius 2 is 2.27 bits per heavy atom. The summed E-state index contributed by atoms with van der Waals surface area (Å²) in [5.41, 5.74) is 0.157. The standard InChI is InChI=1S/C11H10FNO2/c1-3-15-11(14)9-7(2)4-5-8(6-13)10(9)12/h4-5H,3H2,1-2H3. The van der Waals surface area contributed by atoms with Gasteiger partial charge in [0.1, 0.15) is 6.07 Å². The predicted molar refractivity (Wildman–Crippen MR) is 51.8 cm³/mol. The van der Waals surface area contributed by atoms with Gasteiger partial charge in [-0.3, -0.25) is 0 Å².